The summed E-state index contributed by atoms with van der Waals surface area (Å²) in [5.41, 5.74) is 0.450. The van der Waals surface area contributed by atoms with Crippen LogP contribution in [0.2, 0.25) is 0 Å². The predicted octanol–water partition coefficient (Wildman–Crippen LogP) is 2.02. The molecule has 4 bridgehead atoms. The first-order valence-corrected chi connectivity index (χ1v) is 10.5. The van der Waals surface area contributed by atoms with Gasteiger partial charge in [0.05, 0.1) is 7.05 Å². The third-order valence-corrected chi connectivity index (χ3v) is 7.21. The van der Waals surface area contributed by atoms with Crippen LogP contribution in [0, 0.1) is 23.6 Å². The second-order valence-corrected chi connectivity index (χ2v) is 9.48. The Morgan fingerprint density at radius 1 is 1.14 bits per heavy atom. The molecule has 1 aromatic rings. The van der Waals surface area contributed by atoms with Gasteiger partial charge in [0, 0.05) is 11.1 Å². The molecule has 4 aliphatic carbocycles. The van der Waals surface area contributed by atoms with Crippen molar-refractivity contribution in [1.29, 1.82) is 0 Å². The lowest BCUT2D eigenvalue weighted by atomic mass is 9.53. The molecule has 6 heteroatoms. The van der Waals surface area contributed by atoms with E-state index in [0.29, 0.717) is 12.1 Å². The molecule has 28 heavy (non-hydrogen) atoms. The van der Waals surface area contributed by atoms with E-state index in [2.05, 4.69) is 10.6 Å². The van der Waals surface area contributed by atoms with Crippen molar-refractivity contribution in [1.82, 2.24) is 10.6 Å². The number of likely N-dealkylation sites (N-methyl/N-ethyl adjacent to an activating group) is 1. The summed E-state index contributed by atoms with van der Waals surface area (Å²) in [6.45, 7) is 2.15. The van der Waals surface area contributed by atoms with Crippen molar-refractivity contribution in [2.24, 2.45) is 17.8 Å². The SMILES string of the molecule is C[C@@H](C(=O)NC(=O)NC12CC3CC(CC(C3)C1)C2)[NH+](C)Cc1ccccc1F. The third kappa shape index (κ3) is 3.93. The second kappa shape index (κ2) is 7.47. The van der Waals surface area contributed by atoms with Crippen LogP contribution in [-0.2, 0) is 11.3 Å². The maximum absolute atomic E-state index is 13.9. The van der Waals surface area contributed by atoms with Gasteiger partial charge in [0.1, 0.15) is 12.4 Å². The fraction of sp³-hybridized carbons (Fsp3) is 0.636. The van der Waals surface area contributed by atoms with Crippen LogP contribution in [0.4, 0.5) is 9.18 Å². The molecule has 1 unspecified atom stereocenters. The molecule has 0 aliphatic heterocycles. The van der Waals surface area contributed by atoms with Crippen molar-refractivity contribution in [3.8, 4) is 0 Å². The van der Waals surface area contributed by atoms with Gasteiger partial charge in [0.15, 0.2) is 6.04 Å². The first-order chi connectivity index (χ1) is 13.3. The number of imide groups is 1. The maximum Gasteiger partial charge on any atom is 0.322 e. The quantitative estimate of drug-likeness (QED) is 0.723. The van der Waals surface area contributed by atoms with Crippen molar-refractivity contribution >= 4 is 11.9 Å². The number of amides is 3. The van der Waals surface area contributed by atoms with Crippen LogP contribution in [0.3, 0.4) is 0 Å². The summed E-state index contributed by atoms with van der Waals surface area (Å²) < 4.78 is 13.9. The van der Waals surface area contributed by atoms with Crippen molar-refractivity contribution in [3.05, 3.63) is 35.6 Å². The first kappa shape index (κ1) is 19.4. The Hall–Kier alpha value is -1.95. The highest BCUT2D eigenvalue weighted by molar-refractivity contribution is 5.96. The number of carbonyl (C=O) groups is 2. The zero-order chi connectivity index (χ0) is 19.9. The van der Waals surface area contributed by atoms with E-state index in [4.69, 9.17) is 0 Å². The summed E-state index contributed by atoms with van der Waals surface area (Å²) in [5.74, 6) is 1.61. The van der Waals surface area contributed by atoms with Gasteiger partial charge in [-0.05, 0) is 69.3 Å². The van der Waals surface area contributed by atoms with Crippen molar-refractivity contribution < 1.29 is 18.9 Å². The lowest BCUT2D eigenvalue weighted by Crippen LogP contribution is -3.12. The number of hydrogen-bond donors (Lipinski definition) is 3. The molecule has 0 aromatic heterocycles. The lowest BCUT2D eigenvalue weighted by molar-refractivity contribution is -0.908. The van der Waals surface area contributed by atoms with E-state index >= 15 is 0 Å². The fourth-order valence-electron chi connectivity index (χ4n) is 6.08. The largest absolute Gasteiger partial charge is 0.332 e. The van der Waals surface area contributed by atoms with E-state index in [9.17, 15) is 14.0 Å². The Bertz CT molecular complexity index is 731. The highest BCUT2D eigenvalue weighted by Crippen LogP contribution is 2.55. The average molecular weight is 389 g/mol. The standard InChI is InChI=1S/C22H30FN3O2/c1-14(26(2)13-18-5-3-4-6-19(18)23)20(27)24-21(28)25-22-10-15-7-16(11-22)9-17(8-15)12-22/h3-6,14-17H,7-13H2,1-2H3,(H2,24,25,27,28)/p+1/t14-,15?,16?,17?,22?/m0/s1. The number of benzene rings is 1. The topological polar surface area (TPSA) is 62.6 Å². The van der Waals surface area contributed by atoms with Gasteiger partial charge in [0.25, 0.3) is 5.91 Å². The molecule has 152 valence electrons. The van der Waals surface area contributed by atoms with E-state index in [0.717, 1.165) is 41.9 Å². The Morgan fingerprint density at radius 2 is 1.71 bits per heavy atom. The molecular formula is C22H31FN3O2+. The molecule has 4 fully saturated rings. The number of hydrogen-bond acceptors (Lipinski definition) is 2. The number of carbonyl (C=O) groups excluding carboxylic acids is 2. The van der Waals surface area contributed by atoms with Crippen molar-refractivity contribution in [2.75, 3.05) is 7.05 Å². The molecule has 1 aromatic carbocycles. The Labute approximate surface area is 166 Å². The molecule has 2 atom stereocenters. The molecule has 0 saturated heterocycles. The Balaban J connectivity index is 1.31. The normalized spacial score (nSPS) is 32.6. The molecule has 0 heterocycles. The van der Waals surface area contributed by atoms with Gasteiger partial charge in [-0.1, -0.05) is 18.2 Å². The summed E-state index contributed by atoms with van der Waals surface area (Å²) in [4.78, 5) is 26.0. The van der Waals surface area contributed by atoms with Gasteiger partial charge in [0.2, 0.25) is 0 Å². The lowest BCUT2D eigenvalue weighted by Gasteiger charge is -2.56. The van der Waals surface area contributed by atoms with Crippen LogP contribution in [0.25, 0.3) is 0 Å². The average Bonchev–Trinajstić information content (AvgIpc) is 2.61. The zero-order valence-electron chi connectivity index (χ0n) is 16.8. The number of urea groups is 1. The molecule has 3 N–H and O–H groups in total. The highest BCUT2D eigenvalue weighted by atomic mass is 19.1. The van der Waals surface area contributed by atoms with Crippen LogP contribution in [0.1, 0.15) is 51.0 Å². The molecular weight excluding hydrogens is 357 g/mol. The van der Waals surface area contributed by atoms with Gasteiger partial charge < -0.3 is 10.2 Å². The number of rotatable bonds is 5. The maximum atomic E-state index is 13.9. The molecule has 0 radical (unpaired) electrons. The van der Waals surface area contributed by atoms with Gasteiger partial charge in [-0.25, -0.2) is 9.18 Å². The zero-order valence-corrected chi connectivity index (χ0v) is 16.8. The minimum atomic E-state index is -0.457. The van der Waals surface area contributed by atoms with Crippen LogP contribution in [0.5, 0.6) is 0 Å². The smallest absolute Gasteiger partial charge is 0.322 e. The summed E-state index contributed by atoms with van der Waals surface area (Å²) in [6.07, 6.45) is 7.08. The second-order valence-electron chi connectivity index (χ2n) is 9.48. The molecule has 3 amide bonds. The molecule has 5 rings (SSSR count). The molecule has 4 aliphatic rings. The first-order valence-electron chi connectivity index (χ1n) is 10.5. The van der Waals surface area contributed by atoms with E-state index in [1.807, 2.05) is 7.05 Å². The van der Waals surface area contributed by atoms with Gasteiger partial charge in [-0.15, -0.1) is 0 Å². The third-order valence-electron chi connectivity index (χ3n) is 7.21. The van der Waals surface area contributed by atoms with Crippen LogP contribution in [-0.4, -0.2) is 30.6 Å². The summed E-state index contributed by atoms with van der Waals surface area (Å²) >= 11 is 0. The minimum absolute atomic E-state index is 0.117. The van der Waals surface area contributed by atoms with E-state index in [-0.39, 0.29) is 23.3 Å². The Morgan fingerprint density at radius 3 is 2.29 bits per heavy atom. The minimum Gasteiger partial charge on any atom is -0.332 e. The number of halogens is 1. The number of quaternary nitrogens is 1. The molecule has 5 nitrogen and oxygen atoms in total. The predicted molar refractivity (Wildman–Crippen MR) is 104 cm³/mol. The summed E-state index contributed by atoms with van der Waals surface area (Å²) in [5, 5.41) is 5.70. The van der Waals surface area contributed by atoms with E-state index in [1.54, 1.807) is 25.1 Å². The Kier molecular flexibility index (Phi) is 5.17. The summed E-state index contributed by atoms with van der Waals surface area (Å²) in [6, 6.07) is 5.75. The van der Waals surface area contributed by atoms with E-state index in [1.165, 1.54) is 25.3 Å². The molecule has 0 spiro atoms. The fourth-order valence-corrected chi connectivity index (χ4v) is 6.08. The van der Waals surface area contributed by atoms with Gasteiger partial charge in [-0.3, -0.25) is 10.1 Å². The van der Waals surface area contributed by atoms with Crippen LogP contribution >= 0.6 is 0 Å². The van der Waals surface area contributed by atoms with E-state index < -0.39 is 6.04 Å². The summed E-state index contributed by atoms with van der Waals surface area (Å²) in [7, 11) is 1.84. The highest BCUT2D eigenvalue weighted by Gasteiger charge is 2.51. The van der Waals surface area contributed by atoms with Crippen molar-refractivity contribution in [3.63, 3.8) is 0 Å². The molecule has 4 saturated carbocycles. The van der Waals surface area contributed by atoms with Crippen LogP contribution in [0.15, 0.2) is 24.3 Å². The monoisotopic (exact) mass is 388 g/mol. The van der Waals surface area contributed by atoms with Crippen molar-refractivity contribution in [2.45, 2.75) is 63.6 Å². The van der Waals surface area contributed by atoms with Gasteiger partial charge >= 0.3 is 6.03 Å². The van der Waals surface area contributed by atoms with Gasteiger partial charge in [-0.2, -0.15) is 0 Å². The number of nitrogens with one attached hydrogen (secondary N) is 3. The van der Waals surface area contributed by atoms with Crippen LogP contribution < -0.4 is 15.5 Å².